The molecule has 2 aromatic carbocycles. The third kappa shape index (κ3) is 2.70. The molecule has 0 aliphatic heterocycles. The molecular weight excluding hydrogens is 300 g/mol. The number of halogens is 1. The van der Waals surface area contributed by atoms with Crippen molar-refractivity contribution in [3.63, 3.8) is 0 Å². The highest BCUT2D eigenvalue weighted by molar-refractivity contribution is 6.31. The van der Waals surface area contributed by atoms with Gasteiger partial charge in [0.2, 0.25) is 0 Å². The number of benzene rings is 2. The van der Waals surface area contributed by atoms with Crippen LogP contribution in [0.25, 0.3) is 11.0 Å². The second kappa shape index (κ2) is 5.81. The van der Waals surface area contributed by atoms with E-state index in [-0.39, 0.29) is 5.97 Å². The third-order valence-electron chi connectivity index (χ3n) is 3.53. The van der Waals surface area contributed by atoms with Crippen LogP contribution in [-0.2, 0) is 11.8 Å². The van der Waals surface area contributed by atoms with Crippen LogP contribution in [0.3, 0.4) is 0 Å². The average molecular weight is 315 g/mol. The monoisotopic (exact) mass is 314 g/mol. The van der Waals surface area contributed by atoms with Gasteiger partial charge in [-0.25, -0.2) is 9.78 Å². The molecule has 0 bridgehead atoms. The predicted octanol–water partition coefficient (Wildman–Crippen LogP) is 4.14. The number of ether oxygens (including phenoxy) is 1. The number of hydrogen-bond donors (Lipinski definition) is 0. The van der Waals surface area contributed by atoms with Crippen molar-refractivity contribution in [2.24, 2.45) is 7.05 Å². The van der Waals surface area contributed by atoms with E-state index in [0.29, 0.717) is 16.4 Å². The second-order valence-corrected chi connectivity index (χ2v) is 5.51. The van der Waals surface area contributed by atoms with E-state index < -0.39 is 6.10 Å². The van der Waals surface area contributed by atoms with Crippen molar-refractivity contribution < 1.29 is 9.53 Å². The zero-order chi connectivity index (χ0) is 15.7. The maximum absolute atomic E-state index is 12.1. The molecule has 3 aromatic rings. The molecule has 5 heteroatoms. The van der Waals surface area contributed by atoms with Crippen molar-refractivity contribution in [2.75, 3.05) is 0 Å². The molecule has 0 radical (unpaired) electrons. The van der Waals surface area contributed by atoms with Gasteiger partial charge < -0.3 is 9.30 Å². The van der Waals surface area contributed by atoms with Crippen LogP contribution >= 0.6 is 11.6 Å². The summed E-state index contributed by atoms with van der Waals surface area (Å²) in [7, 11) is 1.89. The Labute approximate surface area is 133 Å². The Kier molecular flexibility index (Phi) is 3.86. The van der Waals surface area contributed by atoms with Gasteiger partial charge in [-0.1, -0.05) is 29.8 Å². The molecule has 0 amide bonds. The number of aromatic nitrogens is 2. The zero-order valence-electron chi connectivity index (χ0n) is 12.3. The van der Waals surface area contributed by atoms with Gasteiger partial charge in [0, 0.05) is 12.1 Å². The number of rotatable bonds is 3. The summed E-state index contributed by atoms with van der Waals surface area (Å²) >= 11 is 5.99. The van der Waals surface area contributed by atoms with Crippen LogP contribution in [0.4, 0.5) is 0 Å². The van der Waals surface area contributed by atoms with E-state index >= 15 is 0 Å². The lowest BCUT2D eigenvalue weighted by atomic mass is 10.2. The maximum Gasteiger partial charge on any atom is 0.338 e. The molecule has 22 heavy (non-hydrogen) atoms. The van der Waals surface area contributed by atoms with Gasteiger partial charge in [-0.3, -0.25) is 0 Å². The molecule has 0 aliphatic carbocycles. The summed E-state index contributed by atoms with van der Waals surface area (Å²) in [6.07, 6.45) is -0.455. The second-order valence-electron chi connectivity index (χ2n) is 5.08. The molecule has 0 spiro atoms. The number of hydrogen-bond acceptors (Lipinski definition) is 3. The molecule has 0 saturated heterocycles. The number of carbonyl (C=O) groups is 1. The van der Waals surface area contributed by atoms with Crippen LogP contribution < -0.4 is 0 Å². The highest BCUT2D eigenvalue weighted by Gasteiger charge is 2.19. The van der Waals surface area contributed by atoms with Gasteiger partial charge in [-0.05, 0) is 37.3 Å². The number of aryl methyl sites for hydroxylation is 1. The summed E-state index contributed by atoms with van der Waals surface area (Å²) in [5.41, 5.74) is 2.26. The van der Waals surface area contributed by atoms with Crippen molar-refractivity contribution >= 4 is 28.6 Å². The van der Waals surface area contributed by atoms with E-state index in [9.17, 15) is 4.79 Å². The lowest BCUT2D eigenvalue weighted by Gasteiger charge is -2.13. The quantitative estimate of drug-likeness (QED) is 0.682. The van der Waals surface area contributed by atoms with Crippen LogP contribution in [0.1, 0.15) is 29.2 Å². The van der Waals surface area contributed by atoms with Crippen molar-refractivity contribution in [3.05, 3.63) is 64.9 Å². The summed E-state index contributed by atoms with van der Waals surface area (Å²) in [6, 6.07) is 14.4. The fraction of sp³-hybridized carbons (Fsp3) is 0.176. The van der Waals surface area contributed by atoms with Gasteiger partial charge in [-0.15, -0.1) is 0 Å². The normalized spacial score (nSPS) is 12.3. The SMILES string of the molecule is CC(OC(=O)c1ccccc1)c1nc2cc(Cl)ccc2n1C. The van der Waals surface area contributed by atoms with E-state index in [0.717, 1.165) is 11.0 Å². The Balaban J connectivity index is 1.88. The highest BCUT2D eigenvalue weighted by Crippen LogP contribution is 2.24. The summed E-state index contributed by atoms with van der Waals surface area (Å²) in [5, 5.41) is 0.631. The number of esters is 1. The molecule has 0 N–H and O–H groups in total. The van der Waals surface area contributed by atoms with E-state index in [1.54, 1.807) is 30.3 Å². The molecule has 1 heterocycles. The molecule has 0 aliphatic rings. The first-order chi connectivity index (χ1) is 10.6. The highest BCUT2D eigenvalue weighted by atomic mass is 35.5. The van der Waals surface area contributed by atoms with Gasteiger partial charge in [-0.2, -0.15) is 0 Å². The van der Waals surface area contributed by atoms with Crippen molar-refractivity contribution in [2.45, 2.75) is 13.0 Å². The molecule has 0 saturated carbocycles. The number of imidazole rings is 1. The lowest BCUT2D eigenvalue weighted by Crippen LogP contribution is -2.12. The first-order valence-electron chi connectivity index (χ1n) is 6.94. The van der Waals surface area contributed by atoms with Crippen LogP contribution in [0.2, 0.25) is 5.02 Å². The fourth-order valence-corrected chi connectivity index (χ4v) is 2.58. The minimum atomic E-state index is -0.455. The minimum Gasteiger partial charge on any atom is -0.451 e. The van der Waals surface area contributed by atoms with Crippen molar-refractivity contribution in [3.8, 4) is 0 Å². The lowest BCUT2D eigenvalue weighted by molar-refractivity contribution is 0.0315. The van der Waals surface area contributed by atoms with E-state index in [1.165, 1.54) is 0 Å². The first-order valence-corrected chi connectivity index (χ1v) is 7.32. The van der Waals surface area contributed by atoms with Crippen molar-refractivity contribution in [1.29, 1.82) is 0 Å². The number of carbonyl (C=O) groups excluding carboxylic acids is 1. The molecule has 1 atom stereocenters. The largest absolute Gasteiger partial charge is 0.451 e. The van der Waals surface area contributed by atoms with Gasteiger partial charge in [0.1, 0.15) is 0 Å². The standard InChI is InChI=1S/C17H15ClN2O2/c1-11(22-17(21)12-6-4-3-5-7-12)16-19-14-10-13(18)8-9-15(14)20(16)2/h3-11H,1-2H3. The van der Waals surface area contributed by atoms with E-state index in [1.807, 2.05) is 36.7 Å². The Bertz CT molecular complexity index is 827. The van der Waals surface area contributed by atoms with Crippen molar-refractivity contribution in [1.82, 2.24) is 9.55 Å². The minimum absolute atomic E-state index is 0.363. The Morgan fingerprint density at radius 2 is 1.95 bits per heavy atom. The molecular formula is C17H15ClN2O2. The first kappa shape index (κ1) is 14.6. The van der Waals surface area contributed by atoms with E-state index in [2.05, 4.69) is 4.98 Å². The van der Waals surface area contributed by atoms with Crippen LogP contribution in [-0.4, -0.2) is 15.5 Å². The Morgan fingerprint density at radius 3 is 2.68 bits per heavy atom. The topological polar surface area (TPSA) is 44.1 Å². The summed E-state index contributed by atoms with van der Waals surface area (Å²) in [5.74, 6) is 0.319. The molecule has 3 rings (SSSR count). The number of nitrogens with zero attached hydrogens (tertiary/aromatic N) is 2. The van der Waals surface area contributed by atoms with Gasteiger partial charge in [0.15, 0.2) is 11.9 Å². The maximum atomic E-state index is 12.1. The van der Waals surface area contributed by atoms with Gasteiger partial charge >= 0.3 is 5.97 Å². The van der Waals surface area contributed by atoms with E-state index in [4.69, 9.17) is 16.3 Å². The molecule has 1 unspecified atom stereocenters. The summed E-state index contributed by atoms with van der Waals surface area (Å²) in [6.45, 7) is 1.81. The third-order valence-corrected chi connectivity index (χ3v) is 3.77. The summed E-state index contributed by atoms with van der Waals surface area (Å²) < 4.78 is 7.42. The summed E-state index contributed by atoms with van der Waals surface area (Å²) in [4.78, 5) is 16.6. The molecule has 0 fully saturated rings. The van der Waals surface area contributed by atoms with Gasteiger partial charge in [0.05, 0.1) is 16.6 Å². The van der Waals surface area contributed by atoms with Crippen LogP contribution in [0, 0.1) is 0 Å². The van der Waals surface area contributed by atoms with Gasteiger partial charge in [0.25, 0.3) is 0 Å². The van der Waals surface area contributed by atoms with Crippen LogP contribution in [0.15, 0.2) is 48.5 Å². The number of fused-ring (bicyclic) bond motifs is 1. The molecule has 1 aromatic heterocycles. The Morgan fingerprint density at radius 1 is 1.23 bits per heavy atom. The smallest absolute Gasteiger partial charge is 0.338 e. The molecule has 4 nitrogen and oxygen atoms in total. The van der Waals surface area contributed by atoms with Crippen LogP contribution in [0.5, 0.6) is 0 Å². The zero-order valence-corrected chi connectivity index (χ0v) is 13.0. The predicted molar refractivity (Wildman–Crippen MR) is 86.0 cm³/mol. The Hall–Kier alpha value is -2.33. The molecule has 112 valence electrons. The fourth-order valence-electron chi connectivity index (χ4n) is 2.41. The average Bonchev–Trinajstić information content (AvgIpc) is 2.84.